The number of methoxy groups -OCH3 is 1. The summed E-state index contributed by atoms with van der Waals surface area (Å²) in [6.07, 6.45) is 8.25. The number of ether oxygens (including phenoxy) is 1. The molecule has 0 radical (unpaired) electrons. The molecule has 1 aromatic heterocycles. The number of hydrogen-bond donors (Lipinski definition) is 1. The van der Waals surface area contributed by atoms with Gasteiger partial charge < -0.3 is 19.9 Å². The van der Waals surface area contributed by atoms with Gasteiger partial charge in [-0.25, -0.2) is 4.98 Å². The predicted octanol–water partition coefficient (Wildman–Crippen LogP) is 2.19. The van der Waals surface area contributed by atoms with E-state index in [0.29, 0.717) is 18.8 Å². The molecule has 2 rings (SSSR count). The molecule has 1 unspecified atom stereocenters. The number of hydrogen-bond acceptors (Lipinski definition) is 5. The average Bonchev–Trinajstić information content (AvgIpc) is 3.20. The van der Waals surface area contributed by atoms with Crippen LogP contribution in [0.1, 0.15) is 25.8 Å². The molecule has 1 fully saturated rings. The summed E-state index contributed by atoms with van der Waals surface area (Å²) in [7, 11) is 1.56. The highest BCUT2D eigenvalue weighted by Gasteiger charge is 2.29. The SMILES string of the molecule is C=CC(=O)N1CCC(N(CC)/C(C)=C/C(=C\NC=O)c2ccnc(OC)c2)C1. The maximum atomic E-state index is 11.9. The van der Waals surface area contributed by atoms with E-state index < -0.39 is 0 Å². The van der Waals surface area contributed by atoms with E-state index in [2.05, 4.69) is 28.7 Å². The van der Waals surface area contributed by atoms with E-state index in [4.69, 9.17) is 4.74 Å². The van der Waals surface area contributed by atoms with Crippen molar-refractivity contribution in [3.05, 3.63) is 54.5 Å². The lowest BCUT2D eigenvalue weighted by atomic mass is 10.1. The summed E-state index contributed by atoms with van der Waals surface area (Å²) in [4.78, 5) is 30.9. The number of rotatable bonds is 9. The van der Waals surface area contributed by atoms with Crippen LogP contribution in [0.2, 0.25) is 0 Å². The minimum atomic E-state index is -0.0279. The second-order valence-corrected chi connectivity index (χ2v) is 6.47. The molecule has 1 aromatic rings. The van der Waals surface area contributed by atoms with Crippen molar-refractivity contribution in [1.82, 2.24) is 20.1 Å². The molecular weight excluding hydrogens is 356 g/mol. The molecule has 1 aliphatic heterocycles. The molecule has 7 heteroatoms. The standard InChI is InChI=1S/C21H28N4O3/c1-5-21(27)24-10-8-19(14-24)25(6-2)16(3)11-18(13-22-15-26)17-7-9-23-20(12-17)28-4/h5,7,9,11-13,15,19H,1,6,8,10,14H2,2-4H3,(H,22,26)/b16-11+,18-13+. The summed E-state index contributed by atoms with van der Waals surface area (Å²) in [5.41, 5.74) is 2.77. The Morgan fingerprint density at radius 3 is 2.96 bits per heavy atom. The number of nitrogens with one attached hydrogen (secondary N) is 1. The number of carbonyl (C=O) groups excluding carboxylic acids is 2. The van der Waals surface area contributed by atoms with Crippen molar-refractivity contribution in [2.45, 2.75) is 26.3 Å². The second kappa shape index (κ2) is 10.3. The molecule has 150 valence electrons. The van der Waals surface area contributed by atoms with Crippen LogP contribution < -0.4 is 10.1 Å². The molecule has 1 aliphatic rings. The smallest absolute Gasteiger partial charge is 0.246 e. The van der Waals surface area contributed by atoms with Crippen molar-refractivity contribution in [3.8, 4) is 5.88 Å². The number of amides is 2. The number of pyridine rings is 1. The van der Waals surface area contributed by atoms with E-state index in [1.807, 2.05) is 30.0 Å². The third-order valence-electron chi connectivity index (χ3n) is 4.83. The Morgan fingerprint density at radius 1 is 1.54 bits per heavy atom. The Balaban J connectivity index is 2.27. The van der Waals surface area contributed by atoms with Crippen LogP contribution in [0.3, 0.4) is 0 Å². The molecule has 0 spiro atoms. The number of likely N-dealkylation sites (N-methyl/N-ethyl adjacent to an activating group) is 1. The molecule has 0 aromatic carbocycles. The first-order valence-electron chi connectivity index (χ1n) is 9.30. The highest BCUT2D eigenvalue weighted by atomic mass is 16.5. The van der Waals surface area contributed by atoms with Crippen molar-refractivity contribution in [2.75, 3.05) is 26.7 Å². The van der Waals surface area contributed by atoms with Gasteiger partial charge in [-0.05, 0) is 49.6 Å². The molecule has 0 bridgehead atoms. The monoisotopic (exact) mass is 384 g/mol. The van der Waals surface area contributed by atoms with Gasteiger partial charge in [-0.1, -0.05) is 6.58 Å². The molecule has 1 N–H and O–H groups in total. The van der Waals surface area contributed by atoms with Crippen molar-refractivity contribution < 1.29 is 14.3 Å². The highest BCUT2D eigenvalue weighted by molar-refractivity contribution is 5.87. The van der Waals surface area contributed by atoms with Crippen molar-refractivity contribution >= 4 is 17.9 Å². The third-order valence-corrected chi connectivity index (χ3v) is 4.83. The van der Waals surface area contributed by atoms with Crippen LogP contribution in [-0.2, 0) is 9.59 Å². The maximum Gasteiger partial charge on any atom is 0.246 e. The number of allylic oxidation sites excluding steroid dienone is 3. The molecule has 28 heavy (non-hydrogen) atoms. The molecule has 2 amide bonds. The quantitative estimate of drug-likeness (QED) is 0.401. The van der Waals surface area contributed by atoms with Gasteiger partial charge in [0.15, 0.2) is 0 Å². The van der Waals surface area contributed by atoms with Gasteiger partial charge in [-0.15, -0.1) is 0 Å². The van der Waals surface area contributed by atoms with Crippen LogP contribution in [0.5, 0.6) is 5.88 Å². The Labute approximate surface area is 166 Å². The van der Waals surface area contributed by atoms with Crippen LogP contribution in [-0.4, -0.2) is 59.9 Å². The second-order valence-electron chi connectivity index (χ2n) is 6.47. The maximum absolute atomic E-state index is 11.9. The van der Waals surface area contributed by atoms with Gasteiger partial charge in [0.05, 0.1) is 7.11 Å². The molecular formula is C21H28N4O3. The van der Waals surface area contributed by atoms with Crippen LogP contribution in [0.4, 0.5) is 0 Å². The van der Waals surface area contributed by atoms with Gasteiger partial charge in [0.25, 0.3) is 0 Å². The lowest BCUT2D eigenvalue weighted by molar-refractivity contribution is -0.125. The zero-order chi connectivity index (χ0) is 20.5. The first-order chi connectivity index (χ1) is 13.5. The summed E-state index contributed by atoms with van der Waals surface area (Å²) in [5, 5.41) is 2.61. The lowest BCUT2D eigenvalue weighted by Gasteiger charge is -2.31. The summed E-state index contributed by atoms with van der Waals surface area (Å²) in [5.74, 6) is 0.474. The molecule has 2 heterocycles. The van der Waals surface area contributed by atoms with Crippen molar-refractivity contribution in [3.63, 3.8) is 0 Å². The van der Waals surface area contributed by atoms with Crippen molar-refractivity contribution in [1.29, 1.82) is 0 Å². The molecule has 7 nitrogen and oxygen atoms in total. The predicted molar refractivity (Wildman–Crippen MR) is 109 cm³/mol. The highest BCUT2D eigenvalue weighted by Crippen LogP contribution is 2.24. The first-order valence-corrected chi connectivity index (χ1v) is 9.30. The molecule has 1 saturated heterocycles. The van der Waals surface area contributed by atoms with E-state index in [1.165, 1.54) is 6.08 Å². The first kappa shape index (κ1) is 21.2. The molecule has 0 aliphatic carbocycles. The number of nitrogens with zero attached hydrogens (tertiary/aromatic N) is 3. The van der Waals surface area contributed by atoms with E-state index in [0.717, 1.165) is 36.3 Å². The van der Waals surface area contributed by atoms with E-state index in [9.17, 15) is 9.59 Å². The number of aromatic nitrogens is 1. The van der Waals surface area contributed by atoms with Gasteiger partial charge in [-0.2, -0.15) is 0 Å². The molecule has 1 atom stereocenters. The van der Waals surface area contributed by atoms with Gasteiger partial charge in [0.2, 0.25) is 18.2 Å². The van der Waals surface area contributed by atoms with Crippen molar-refractivity contribution in [2.24, 2.45) is 0 Å². The lowest BCUT2D eigenvalue weighted by Crippen LogP contribution is -2.37. The summed E-state index contributed by atoms with van der Waals surface area (Å²) >= 11 is 0. The third kappa shape index (κ3) is 5.22. The van der Waals surface area contributed by atoms with E-state index >= 15 is 0 Å². The van der Waals surface area contributed by atoms with Gasteiger partial charge >= 0.3 is 0 Å². The van der Waals surface area contributed by atoms with Gasteiger partial charge in [-0.3, -0.25) is 9.59 Å². The largest absolute Gasteiger partial charge is 0.481 e. The fourth-order valence-corrected chi connectivity index (χ4v) is 3.46. The van der Waals surface area contributed by atoms with Crippen LogP contribution in [0, 0.1) is 0 Å². The minimum Gasteiger partial charge on any atom is -0.481 e. The van der Waals surface area contributed by atoms with Crippen LogP contribution in [0.15, 0.2) is 49.0 Å². The number of carbonyl (C=O) groups is 2. The Kier molecular flexibility index (Phi) is 7.80. The fourth-order valence-electron chi connectivity index (χ4n) is 3.46. The van der Waals surface area contributed by atoms with E-state index in [1.54, 1.807) is 19.5 Å². The van der Waals surface area contributed by atoms with Crippen LogP contribution in [0.25, 0.3) is 5.57 Å². The van der Waals surface area contributed by atoms with E-state index in [-0.39, 0.29) is 11.9 Å². The zero-order valence-corrected chi connectivity index (χ0v) is 16.7. The van der Waals surface area contributed by atoms with Gasteiger partial charge in [0, 0.05) is 49.8 Å². The fraction of sp³-hybridized carbons (Fsp3) is 0.381. The summed E-state index contributed by atoms with van der Waals surface area (Å²) in [6.45, 7) is 9.93. The average molecular weight is 384 g/mol. The normalized spacial score (nSPS) is 17.2. The Hall–Kier alpha value is -3.09. The summed E-state index contributed by atoms with van der Waals surface area (Å²) < 4.78 is 5.20. The topological polar surface area (TPSA) is 74.8 Å². The Morgan fingerprint density at radius 2 is 2.32 bits per heavy atom. The zero-order valence-electron chi connectivity index (χ0n) is 16.7. The van der Waals surface area contributed by atoms with Gasteiger partial charge in [0.1, 0.15) is 0 Å². The Bertz CT molecular complexity index is 773. The molecule has 0 saturated carbocycles. The number of likely N-dealkylation sites (tertiary alicyclic amines) is 1. The minimum absolute atomic E-state index is 0.0279. The summed E-state index contributed by atoms with van der Waals surface area (Å²) in [6, 6.07) is 3.93. The van der Waals surface area contributed by atoms with Crippen LogP contribution >= 0.6 is 0 Å².